The molecule has 1 unspecified atom stereocenters. The van der Waals surface area contributed by atoms with Crippen LogP contribution in [0.2, 0.25) is 10.0 Å². The van der Waals surface area contributed by atoms with Gasteiger partial charge in [0.1, 0.15) is 23.4 Å². The first-order chi connectivity index (χ1) is 19.7. The number of hydrogen-bond acceptors (Lipinski definition) is 5. The highest BCUT2D eigenvalue weighted by Gasteiger charge is 2.41. The largest absolute Gasteiger partial charge is 0.480 e. The number of carboxylic acid groups (broad SMARTS) is 1. The van der Waals surface area contributed by atoms with Crippen molar-refractivity contribution in [3.05, 3.63) is 99.5 Å². The van der Waals surface area contributed by atoms with E-state index in [1.165, 1.54) is 13.8 Å². The molecule has 3 aromatic rings. The van der Waals surface area contributed by atoms with Gasteiger partial charge in [-0.2, -0.15) is 0 Å². The van der Waals surface area contributed by atoms with Gasteiger partial charge in [0.2, 0.25) is 15.9 Å². The second-order valence-electron chi connectivity index (χ2n) is 10.4. The molecule has 0 bridgehead atoms. The number of nitrogens with one attached hydrogen (secondary N) is 1. The SMILES string of the molecule is CC(C)C(NS(=O)(=O)CC(=O)N(c1cc(F)cc(F)c1)C1CN(C(c2ccc(Cl)cc2)c2ccc(Cl)cc2)C1)C(=O)O. The normalized spacial score (nSPS) is 15.0. The quantitative estimate of drug-likeness (QED) is 0.302. The number of rotatable bonds is 11. The fourth-order valence-electron chi connectivity index (χ4n) is 4.94. The molecule has 2 N–H and O–H groups in total. The Labute approximate surface area is 252 Å². The molecule has 1 heterocycles. The van der Waals surface area contributed by atoms with Gasteiger partial charge in [-0.05, 0) is 53.4 Å². The van der Waals surface area contributed by atoms with Crippen molar-refractivity contribution in [2.75, 3.05) is 23.7 Å². The van der Waals surface area contributed by atoms with Gasteiger partial charge in [0, 0.05) is 34.9 Å². The lowest BCUT2D eigenvalue weighted by molar-refractivity contribution is -0.140. The number of hydrogen-bond donors (Lipinski definition) is 2. The van der Waals surface area contributed by atoms with Gasteiger partial charge in [0.05, 0.1) is 12.1 Å². The van der Waals surface area contributed by atoms with Crippen LogP contribution >= 0.6 is 23.2 Å². The van der Waals surface area contributed by atoms with Crippen LogP contribution in [-0.2, 0) is 19.6 Å². The Morgan fingerprint density at radius 2 is 1.43 bits per heavy atom. The molecule has 0 spiro atoms. The van der Waals surface area contributed by atoms with Gasteiger partial charge in [-0.3, -0.25) is 14.5 Å². The number of nitrogens with zero attached hydrogens (tertiary/aromatic N) is 2. The van der Waals surface area contributed by atoms with E-state index in [2.05, 4.69) is 4.72 Å². The maximum absolute atomic E-state index is 14.2. The Morgan fingerprint density at radius 1 is 0.952 bits per heavy atom. The monoisotopic (exact) mass is 639 g/mol. The molecule has 42 heavy (non-hydrogen) atoms. The van der Waals surface area contributed by atoms with Crippen LogP contribution in [-0.4, -0.2) is 61.2 Å². The van der Waals surface area contributed by atoms with Crippen molar-refractivity contribution in [3.8, 4) is 0 Å². The van der Waals surface area contributed by atoms with Gasteiger partial charge in [-0.1, -0.05) is 61.3 Å². The Balaban J connectivity index is 1.63. The van der Waals surface area contributed by atoms with Crippen molar-refractivity contribution >= 4 is 50.8 Å². The predicted octanol–water partition coefficient (Wildman–Crippen LogP) is 5.11. The van der Waals surface area contributed by atoms with Gasteiger partial charge in [0.25, 0.3) is 0 Å². The second kappa shape index (κ2) is 13.0. The molecule has 224 valence electrons. The molecule has 1 aliphatic heterocycles. The van der Waals surface area contributed by atoms with Crippen LogP contribution in [0.4, 0.5) is 14.5 Å². The minimum absolute atomic E-state index is 0.148. The zero-order chi connectivity index (χ0) is 30.8. The van der Waals surface area contributed by atoms with Crippen molar-refractivity contribution in [1.82, 2.24) is 9.62 Å². The molecular weight excluding hydrogens is 611 g/mol. The molecule has 0 aliphatic carbocycles. The summed E-state index contributed by atoms with van der Waals surface area (Å²) in [5.41, 5.74) is 1.65. The number of anilines is 1. The maximum atomic E-state index is 14.2. The van der Waals surface area contributed by atoms with E-state index in [-0.39, 0.29) is 24.8 Å². The summed E-state index contributed by atoms with van der Waals surface area (Å²) in [6.45, 7) is 3.51. The molecule has 1 amide bonds. The predicted molar refractivity (Wildman–Crippen MR) is 157 cm³/mol. The molecule has 0 radical (unpaired) electrons. The summed E-state index contributed by atoms with van der Waals surface area (Å²) < 4.78 is 56.2. The average molecular weight is 641 g/mol. The number of carbonyl (C=O) groups excluding carboxylic acids is 1. The first kappa shape index (κ1) is 31.8. The van der Waals surface area contributed by atoms with Crippen molar-refractivity contribution < 1.29 is 31.9 Å². The number of amides is 1. The number of carboxylic acids is 1. The van der Waals surface area contributed by atoms with Crippen LogP contribution in [0.3, 0.4) is 0 Å². The van der Waals surface area contributed by atoms with E-state index < -0.39 is 57.3 Å². The highest BCUT2D eigenvalue weighted by Crippen LogP contribution is 2.36. The fourth-order valence-corrected chi connectivity index (χ4v) is 6.50. The summed E-state index contributed by atoms with van der Waals surface area (Å²) in [6, 6.07) is 14.6. The maximum Gasteiger partial charge on any atom is 0.321 e. The standard InChI is InChI=1S/C29H29Cl2F2N3O5S/c1-17(2)27(29(38)39)34-42(40,41)16-26(37)36(24-12-22(32)11-23(33)13-24)25-14-35(15-25)28(18-3-7-20(30)8-4-18)19-5-9-21(31)10-6-19/h3-13,17,25,27-28,34H,14-16H2,1-2H3,(H,38,39). The van der Waals surface area contributed by atoms with Gasteiger partial charge in [-0.15, -0.1) is 0 Å². The summed E-state index contributed by atoms with van der Waals surface area (Å²) >= 11 is 12.2. The first-order valence-corrected chi connectivity index (χ1v) is 15.4. The fraction of sp³-hybridized carbons (Fsp3) is 0.310. The van der Waals surface area contributed by atoms with Crippen molar-refractivity contribution in [2.45, 2.75) is 32.0 Å². The highest BCUT2D eigenvalue weighted by atomic mass is 35.5. The van der Waals surface area contributed by atoms with E-state index in [0.29, 0.717) is 16.1 Å². The summed E-state index contributed by atoms with van der Waals surface area (Å²) in [4.78, 5) is 28.1. The Hall–Kier alpha value is -3.09. The van der Waals surface area contributed by atoms with Crippen LogP contribution in [0.1, 0.15) is 31.0 Å². The molecule has 0 saturated carbocycles. The number of likely N-dealkylation sites (tertiary alicyclic amines) is 1. The van der Waals surface area contributed by atoms with E-state index >= 15 is 0 Å². The van der Waals surface area contributed by atoms with Crippen LogP contribution < -0.4 is 9.62 Å². The summed E-state index contributed by atoms with van der Waals surface area (Å²) in [6.07, 6.45) is 0. The summed E-state index contributed by atoms with van der Waals surface area (Å²) in [5.74, 6) is -5.94. The molecule has 0 aromatic heterocycles. The lowest BCUT2D eigenvalue weighted by atomic mass is 9.92. The van der Waals surface area contributed by atoms with E-state index in [1.807, 2.05) is 29.2 Å². The van der Waals surface area contributed by atoms with Crippen LogP contribution in [0.25, 0.3) is 0 Å². The second-order valence-corrected chi connectivity index (χ2v) is 13.1. The van der Waals surface area contributed by atoms with Gasteiger partial charge < -0.3 is 10.0 Å². The van der Waals surface area contributed by atoms with E-state index in [9.17, 15) is 31.9 Å². The summed E-state index contributed by atoms with van der Waals surface area (Å²) in [7, 11) is -4.43. The smallest absolute Gasteiger partial charge is 0.321 e. The molecule has 1 saturated heterocycles. The molecule has 1 fully saturated rings. The zero-order valence-corrected chi connectivity index (χ0v) is 25.0. The average Bonchev–Trinajstić information content (AvgIpc) is 2.86. The lowest BCUT2D eigenvalue weighted by Crippen LogP contribution is -2.63. The van der Waals surface area contributed by atoms with Gasteiger partial charge >= 0.3 is 5.97 Å². The van der Waals surface area contributed by atoms with Crippen LogP contribution in [0.15, 0.2) is 66.7 Å². The Bertz CT molecular complexity index is 1480. The Morgan fingerprint density at radius 3 is 1.86 bits per heavy atom. The summed E-state index contributed by atoms with van der Waals surface area (Å²) in [5, 5.41) is 10.5. The molecule has 1 atom stereocenters. The molecule has 1 aliphatic rings. The molecular formula is C29H29Cl2F2N3O5S. The van der Waals surface area contributed by atoms with Crippen LogP contribution in [0, 0.1) is 17.6 Å². The molecule has 8 nitrogen and oxygen atoms in total. The van der Waals surface area contributed by atoms with E-state index in [1.54, 1.807) is 24.3 Å². The topological polar surface area (TPSA) is 107 Å². The van der Waals surface area contributed by atoms with Crippen molar-refractivity contribution in [3.63, 3.8) is 0 Å². The zero-order valence-electron chi connectivity index (χ0n) is 22.7. The Kier molecular flexibility index (Phi) is 9.89. The lowest BCUT2D eigenvalue weighted by Gasteiger charge is -2.49. The van der Waals surface area contributed by atoms with Gasteiger partial charge in [0.15, 0.2) is 0 Å². The molecule has 3 aromatic carbocycles. The number of halogens is 4. The molecule has 4 rings (SSSR count). The van der Waals surface area contributed by atoms with Crippen molar-refractivity contribution in [1.29, 1.82) is 0 Å². The third-order valence-electron chi connectivity index (χ3n) is 6.94. The van der Waals surface area contributed by atoms with E-state index in [0.717, 1.165) is 28.2 Å². The van der Waals surface area contributed by atoms with Crippen LogP contribution in [0.5, 0.6) is 0 Å². The van der Waals surface area contributed by atoms with E-state index in [4.69, 9.17) is 23.2 Å². The minimum atomic E-state index is -4.43. The minimum Gasteiger partial charge on any atom is -0.480 e. The number of benzene rings is 3. The van der Waals surface area contributed by atoms with Crippen molar-refractivity contribution in [2.24, 2.45) is 5.92 Å². The number of sulfonamides is 1. The first-order valence-electron chi connectivity index (χ1n) is 13.0. The highest BCUT2D eigenvalue weighted by molar-refractivity contribution is 7.90. The number of aliphatic carboxylic acids is 1. The van der Waals surface area contributed by atoms with Gasteiger partial charge in [-0.25, -0.2) is 21.9 Å². The molecule has 13 heteroatoms. The third-order valence-corrected chi connectivity index (χ3v) is 8.68. The third kappa shape index (κ3) is 7.64. The number of carbonyl (C=O) groups is 2.